The van der Waals surface area contributed by atoms with Gasteiger partial charge in [-0.1, -0.05) is 12.1 Å². The number of para-hydroxylation sites is 2. The molecular formula is C17H18IN3O3. The third-order valence-electron chi connectivity index (χ3n) is 2.85. The van der Waals surface area contributed by atoms with Gasteiger partial charge in [-0.3, -0.25) is 4.79 Å². The summed E-state index contributed by atoms with van der Waals surface area (Å²) in [6.07, 6.45) is 2.96. The molecule has 0 aliphatic carbocycles. The second kappa shape index (κ2) is 8.53. The number of anilines is 2. The molecule has 0 spiro atoms. The maximum atomic E-state index is 12.0. The van der Waals surface area contributed by atoms with E-state index in [4.69, 9.17) is 4.42 Å². The second-order valence-corrected chi connectivity index (χ2v) is 6.33. The number of carbonyl (C=O) groups is 2. The molecule has 0 unspecified atom stereocenters. The van der Waals surface area contributed by atoms with Crippen molar-refractivity contribution < 1.29 is 14.0 Å². The summed E-state index contributed by atoms with van der Waals surface area (Å²) in [6, 6.07) is 10.3. The molecule has 0 fully saturated rings. The van der Waals surface area contributed by atoms with Crippen LogP contribution in [-0.4, -0.2) is 18.0 Å². The molecule has 0 aliphatic rings. The fourth-order valence-corrected chi connectivity index (χ4v) is 2.31. The number of hydrogen-bond acceptors (Lipinski definition) is 3. The summed E-state index contributed by atoms with van der Waals surface area (Å²) < 4.78 is 6.10. The van der Waals surface area contributed by atoms with Crippen LogP contribution in [0.4, 0.5) is 16.2 Å². The Morgan fingerprint density at radius 2 is 1.75 bits per heavy atom. The van der Waals surface area contributed by atoms with Crippen molar-refractivity contribution in [3.05, 3.63) is 52.0 Å². The zero-order valence-corrected chi connectivity index (χ0v) is 15.5. The van der Waals surface area contributed by atoms with E-state index in [1.807, 2.05) is 19.9 Å². The summed E-state index contributed by atoms with van der Waals surface area (Å²) in [5, 5.41) is 8.18. The molecule has 1 aromatic heterocycles. The summed E-state index contributed by atoms with van der Waals surface area (Å²) in [6.45, 7) is 3.74. The zero-order chi connectivity index (χ0) is 17.5. The molecule has 0 saturated heterocycles. The van der Waals surface area contributed by atoms with Gasteiger partial charge in [0.2, 0.25) is 5.91 Å². The van der Waals surface area contributed by atoms with Crippen molar-refractivity contribution in [2.75, 3.05) is 10.6 Å². The summed E-state index contributed by atoms with van der Waals surface area (Å²) in [5.74, 6) is 0.275. The van der Waals surface area contributed by atoms with E-state index in [0.717, 1.165) is 3.77 Å². The van der Waals surface area contributed by atoms with Crippen LogP contribution >= 0.6 is 22.6 Å². The van der Waals surface area contributed by atoms with Crippen LogP contribution in [0.15, 0.2) is 46.9 Å². The molecule has 0 aliphatic heterocycles. The van der Waals surface area contributed by atoms with Gasteiger partial charge >= 0.3 is 6.03 Å². The standard InChI is InChI=1S/C17H18IN3O3/c1-11(2)19-17(23)21-14-6-4-3-5-13(14)20-16(22)10-8-12-7-9-15(18)24-12/h3-11H,1-2H3,(H,20,22)(H2,19,21,23). The first kappa shape index (κ1) is 18.1. The average Bonchev–Trinajstić information content (AvgIpc) is 2.92. The Labute approximate surface area is 153 Å². The number of nitrogens with one attached hydrogen (secondary N) is 3. The Morgan fingerprint density at radius 3 is 2.33 bits per heavy atom. The first-order valence-corrected chi connectivity index (χ1v) is 8.43. The topological polar surface area (TPSA) is 83.4 Å². The summed E-state index contributed by atoms with van der Waals surface area (Å²) in [4.78, 5) is 23.9. The van der Waals surface area contributed by atoms with Crippen molar-refractivity contribution in [3.63, 3.8) is 0 Å². The van der Waals surface area contributed by atoms with Gasteiger partial charge in [-0.2, -0.15) is 0 Å². The van der Waals surface area contributed by atoms with Crippen molar-refractivity contribution in [2.45, 2.75) is 19.9 Å². The monoisotopic (exact) mass is 439 g/mol. The van der Waals surface area contributed by atoms with E-state index in [0.29, 0.717) is 17.1 Å². The molecule has 0 atom stereocenters. The fourth-order valence-electron chi connectivity index (χ4n) is 1.87. The Balaban J connectivity index is 2.02. The minimum Gasteiger partial charge on any atom is -0.451 e. The minimum atomic E-state index is -0.326. The molecule has 0 saturated carbocycles. The normalized spacial score (nSPS) is 10.8. The van der Waals surface area contributed by atoms with Crippen molar-refractivity contribution in [1.82, 2.24) is 5.32 Å². The SMILES string of the molecule is CC(C)NC(=O)Nc1ccccc1NC(=O)C=Cc1ccc(I)o1. The highest BCUT2D eigenvalue weighted by molar-refractivity contribution is 14.1. The highest BCUT2D eigenvalue weighted by atomic mass is 127. The Kier molecular flexibility index (Phi) is 6.42. The molecular weight excluding hydrogens is 421 g/mol. The van der Waals surface area contributed by atoms with E-state index in [1.54, 1.807) is 36.4 Å². The number of hydrogen-bond donors (Lipinski definition) is 3. The number of benzene rings is 1. The molecule has 1 aromatic carbocycles. The third kappa shape index (κ3) is 5.73. The summed E-state index contributed by atoms with van der Waals surface area (Å²) >= 11 is 2.05. The Hall–Kier alpha value is -2.29. The van der Waals surface area contributed by atoms with Crippen LogP contribution in [0.5, 0.6) is 0 Å². The highest BCUT2D eigenvalue weighted by Gasteiger charge is 2.08. The highest BCUT2D eigenvalue weighted by Crippen LogP contribution is 2.21. The van der Waals surface area contributed by atoms with Crippen LogP contribution in [0.1, 0.15) is 19.6 Å². The van der Waals surface area contributed by atoms with Crippen LogP contribution in [0.2, 0.25) is 0 Å². The number of furan rings is 1. The number of amides is 3. The van der Waals surface area contributed by atoms with Gasteiger partial charge in [0.25, 0.3) is 0 Å². The van der Waals surface area contributed by atoms with Crippen molar-refractivity contribution in [3.8, 4) is 0 Å². The van der Waals surface area contributed by atoms with Gasteiger partial charge in [0.05, 0.1) is 11.4 Å². The summed E-state index contributed by atoms with van der Waals surface area (Å²) in [7, 11) is 0. The number of halogens is 1. The lowest BCUT2D eigenvalue weighted by molar-refractivity contribution is -0.111. The Bertz CT molecular complexity index is 753. The smallest absolute Gasteiger partial charge is 0.319 e. The molecule has 2 rings (SSSR count). The van der Waals surface area contributed by atoms with Crippen LogP contribution in [0.25, 0.3) is 6.08 Å². The lowest BCUT2D eigenvalue weighted by atomic mass is 10.2. The molecule has 7 heteroatoms. The van der Waals surface area contributed by atoms with E-state index >= 15 is 0 Å². The molecule has 1 heterocycles. The molecule has 3 amide bonds. The zero-order valence-electron chi connectivity index (χ0n) is 13.3. The first-order valence-electron chi connectivity index (χ1n) is 7.35. The summed E-state index contributed by atoms with van der Waals surface area (Å²) in [5.41, 5.74) is 1.03. The van der Waals surface area contributed by atoms with Crippen LogP contribution in [0.3, 0.4) is 0 Å². The quantitative estimate of drug-likeness (QED) is 0.485. The molecule has 2 aromatic rings. The van der Waals surface area contributed by atoms with E-state index in [2.05, 4.69) is 38.5 Å². The first-order chi connectivity index (χ1) is 11.4. The number of rotatable bonds is 5. The number of urea groups is 1. The van der Waals surface area contributed by atoms with E-state index in [1.165, 1.54) is 6.08 Å². The average molecular weight is 439 g/mol. The molecule has 0 radical (unpaired) electrons. The predicted octanol–water partition coefficient (Wildman–Crippen LogP) is 4.07. The maximum absolute atomic E-state index is 12.0. The van der Waals surface area contributed by atoms with Gasteiger partial charge in [-0.15, -0.1) is 0 Å². The van der Waals surface area contributed by atoms with Gasteiger partial charge < -0.3 is 20.4 Å². The molecule has 24 heavy (non-hydrogen) atoms. The fraction of sp³-hybridized carbons (Fsp3) is 0.176. The molecule has 3 N–H and O–H groups in total. The molecule has 6 nitrogen and oxygen atoms in total. The van der Waals surface area contributed by atoms with Crippen molar-refractivity contribution in [1.29, 1.82) is 0 Å². The van der Waals surface area contributed by atoms with Gasteiger partial charge in [-0.25, -0.2) is 4.79 Å². The van der Waals surface area contributed by atoms with Gasteiger partial charge in [0.1, 0.15) is 5.76 Å². The second-order valence-electron chi connectivity index (χ2n) is 5.26. The third-order valence-corrected chi connectivity index (χ3v) is 3.43. The Morgan fingerprint density at radius 1 is 1.08 bits per heavy atom. The maximum Gasteiger partial charge on any atom is 0.319 e. The van der Waals surface area contributed by atoms with Crippen LogP contribution in [-0.2, 0) is 4.79 Å². The largest absolute Gasteiger partial charge is 0.451 e. The minimum absolute atomic E-state index is 0.0192. The lowest BCUT2D eigenvalue weighted by Crippen LogP contribution is -2.34. The van der Waals surface area contributed by atoms with Crippen molar-refractivity contribution in [2.24, 2.45) is 0 Å². The van der Waals surface area contributed by atoms with Crippen molar-refractivity contribution >= 4 is 52.0 Å². The van der Waals surface area contributed by atoms with E-state index in [-0.39, 0.29) is 18.0 Å². The van der Waals surface area contributed by atoms with E-state index in [9.17, 15) is 9.59 Å². The predicted molar refractivity (Wildman–Crippen MR) is 103 cm³/mol. The van der Waals surface area contributed by atoms with Gasteiger partial charge in [-0.05, 0) is 66.8 Å². The van der Waals surface area contributed by atoms with Crippen LogP contribution in [0, 0.1) is 3.77 Å². The molecule has 0 bridgehead atoms. The van der Waals surface area contributed by atoms with Crippen LogP contribution < -0.4 is 16.0 Å². The van der Waals surface area contributed by atoms with E-state index < -0.39 is 0 Å². The lowest BCUT2D eigenvalue weighted by Gasteiger charge is -2.13. The van der Waals surface area contributed by atoms with Gasteiger partial charge in [0, 0.05) is 12.1 Å². The molecule has 126 valence electrons. The number of carbonyl (C=O) groups excluding carboxylic acids is 2. The van der Waals surface area contributed by atoms with Gasteiger partial charge in [0.15, 0.2) is 3.77 Å².